The highest BCUT2D eigenvalue weighted by atomic mass is 19.3. The van der Waals surface area contributed by atoms with Crippen molar-refractivity contribution in [1.29, 1.82) is 0 Å². The van der Waals surface area contributed by atoms with E-state index in [0.29, 0.717) is 12.2 Å². The van der Waals surface area contributed by atoms with Crippen molar-refractivity contribution in [1.82, 2.24) is 19.9 Å². The van der Waals surface area contributed by atoms with E-state index in [4.69, 9.17) is 5.73 Å². The Hall–Kier alpha value is -2.09. The smallest absolute Gasteiger partial charge is 0.252 e. The number of aromatic nitrogens is 3. The zero-order valence-corrected chi connectivity index (χ0v) is 11.2. The number of rotatable bonds is 5. The quantitative estimate of drug-likeness (QED) is 0.856. The van der Waals surface area contributed by atoms with E-state index < -0.39 is 11.8 Å². The van der Waals surface area contributed by atoms with Crippen molar-refractivity contribution in [2.24, 2.45) is 11.7 Å². The molecule has 1 fully saturated rings. The van der Waals surface area contributed by atoms with Crippen LogP contribution in [0.2, 0.25) is 0 Å². The molecule has 3 rings (SSSR count). The number of imidazole rings is 1. The average Bonchev–Trinajstić information content (AvgIpc) is 2.88. The molecule has 1 amide bonds. The Morgan fingerprint density at radius 1 is 1.57 bits per heavy atom. The van der Waals surface area contributed by atoms with Crippen molar-refractivity contribution in [2.45, 2.75) is 31.9 Å². The fourth-order valence-corrected chi connectivity index (χ4v) is 2.15. The summed E-state index contributed by atoms with van der Waals surface area (Å²) in [7, 11) is 0. The molecule has 1 unspecified atom stereocenters. The molecule has 3 N–H and O–H groups in total. The molecule has 6 nitrogen and oxygen atoms in total. The van der Waals surface area contributed by atoms with E-state index in [2.05, 4.69) is 15.4 Å². The summed E-state index contributed by atoms with van der Waals surface area (Å²) in [6.45, 7) is 0.566. The molecule has 112 valence electrons. The van der Waals surface area contributed by atoms with Gasteiger partial charge < -0.3 is 11.1 Å². The van der Waals surface area contributed by atoms with E-state index in [-0.39, 0.29) is 25.3 Å². The van der Waals surface area contributed by atoms with Gasteiger partial charge in [-0.1, -0.05) is 0 Å². The minimum Gasteiger partial charge on any atom is -0.352 e. The Kier molecular flexibility index (Phi) is 3.32. The van der Waals surface area contributed by atoms with Crippen molar-refractivity contribution >= 4 is 11.6 Å². The number of fused-ring (bicyclic) bond motifs is 1. The van der Waals surface area contributed by atoms with Crippen molar-refractivity contribution in [3.05, 3.63) is 29.7 Å². The van der Waals surface area contributed by atoms with Crippen molar-refractivity contribution in [3.8, 4) is 0 Å². The largest absolute Gasteiger partial charge is 0.352 e. The van der Waals surface area contributed by atoms with Crippen LogP contribution in [0.25, 0.3) is 5.65 Å². The maximum absolute atomic E-state index is 12.7. The molecule has 2 aromatic heterocycles. The molecule has 0 radical (unpaired) electrons. The van der Waals surface area contributed by atoms with Gasteiger partial charge in [0.2, 0.25) is 5.91 Å². The van der Waals surface area contributed by atoms with E-state index >= 15 is 0 Å². The normalized spacial score (nSPS) is 19.7. The van der Waals surface area contributed by atoms with E-state index in [1.807, 2.05) is 0 Å². The van der Waals surface area contributed by atoms with Gasteiger partial charge in [0.1, 0.15) is 0 Å². The first-order valence-electron chi connectivity index (χ1n) is 6.66. The van der Waals surface area contributed by atoms with E-state index in [0.717, 1.165) is 11.3 Å². The highest BCUT2D eigenvalue weighted by Crippen LogP contribution is 2.50. The summed E-state index contributed by atoms with van der Waals surface area (Å²) >= 11 is 0. The first-order valence-corrected chi connectivity index (χ1v) is 6.66. The van der Waals surface area contributed by atoms with Gasteiger partial charge in [0, 0.05) is 31.8 Å². The van der Waals surface area contributed by atoms with E-state index in [1.165, 1.54) is 0 Å². The molecule has 1 aliphatic rings. The van der Waals surface area contributed by atoms with Crippen LogP contribution in [-0.2, 0) is 17.9 Å². The number of carbonyl (C=O) groups is 1. The molecule has 0 spiro atoms. The number of carbonyl (C=O) groups excluding carboxylic acids is 1. The molecule has 2 heterocycles. The first kappa shape index (κ1) is 13.9. The molecule has 0 aromatic carbocycles. The lowest BCUT2D eigenvalue weighted by Gasteiger charge is -2.05. The molecule has 2 aromatic rings. The standard InChI is InChI=1S/C13H15F2N5O/c14-13(15)3-9(13)2-12(21)17-5-8-1-11-19-10(4-16)7-20(11)18-6-8/h1,6-7,9H,2-5,16H2,(H,17,21). The predicted octanol–water partition coefficient (Wildman–Crippen LogP) is 0.849. The Bertz CT molecular complexity index is 684. The zero-order valence-electron chi connectivity index (χ0n) is 11.2. The monoisotopic (exact) mass is 295 g/mol. The fourth-order valence-electron chi connectivity index (χ4n) is 2.15. The second-order valence-corrected chi connectivity index (χ2v) is 5.25. The van der Waals surface area contributed by atoms with Gasteiger partial charge in [-0.05, 0) is 11.6 Å². The van der Waals surface area contributed by atoms with Crippen LogP contribution >= 0.6 is 0 Å². The Balaban J connectivity index is 1.58. The van der Waals surface area contributed by atoms with Crippen molar-refractivity contribution in [3.63, 3.8) is 0 Å². The number of alkyl halides is 2. The average molecular weight is 295 g/mol. The van der Waals surface area contributed by atoms with Crippen LogP contribution in [0.4, 0.5) is 8.78 Å². The summed E-state index contributed by atoms with van der Waals surface area (Å²) < 4.78 is 27.0. The van der Waals surface area contributed by atoms with Crippen LogP contribution in [0, 0.1) is 5.92 Å². The van der Waals surface area contributed by atoms with Gasteiger partial charge in [-0.25, -0.2) is 18.3 Å². The minimum atomic E-state index is -2.66. The molecule has 1 aliphatic carbocycles. The summed E-state index contributed by atoms with van der Waals surface area (Å²) in [5.74, 6) is -3.84. The highest BCUT2D eigenvalue weighted by Gasteiger charge is 2.57. The van der Waals surface area contributed by atoms with Gasteiger partial charge in [0.05, 0.1) is 18.1 Å². The number of nitrogens with one attached hydrogen (secondary N) is 1. The van der Waals surface area contributed by atoms with Gasteiger partial charge >= 0.3 is 0 Å². The predicted molar refractivity (Wildman–Crippen MR) is 70.4 cm³/mol. The molecule has 1 atom stereocenters. The summed E-state index contributed by atoms with van der Waals surface area (Å²) in [6, 6.07) is 1.78. The highest BCUT2D eigenvalue weighted by molar-refractivity contribution is 5.76. The Labute approximate surface area is 119 Å². The zero-order chi connectivity index (χ0) is 15.0. The Morgan fingerprint density at radius 2 is 2.33 bits per heavy atom. The minimum absolute atomic E-state index is 0.136. The van der Waals surface area contributed by atoms with Crippen LogP contribution in [0.5, 0.6) is 0 Å². The molecule has 0 aliphatic heterocycles. The molecular weight excluding hydrogens is 280 g/mol. The molecule has 0 bridgehead atoms. The third-order valence-electron chi connectivity index (χ3n) is 3.51. The number of nitrogens with two attached hydrogens (primary N) is 1. The molecule has 21 heavy (non-hydrogen) atoms. The molecular formula is C13H15F2N5O. The van der Waals surface area contributed by atoms with Gasteiger partial charge in [0.15, 0.2) is 5.65 Å². The number of hydrogen-bond donors (Lipinski definition) is 2. The third kappa shape index (κ3) is 2.99. The molecule has 0 saturated heterocycles. The molecule has 8 heteroatoms. The lowest BCUT2D eigenvalue weighted by molar-refractivity contribution is -0.122. The van der Waals surface area contributed by atoms with Gasteiger partial charge in [-0.2, -0.15) is 5.10 Å². The van der Waals surface area contributed by atoms with Gasteiger partial charge in [-0.3, -0.25) is 4.79 Å². The lowest BCUT2D eigenvalue weighted by atomic mass is 10.2. The third-order valence-corrected chi connectivity index (χ3v) is 3.51. The number of halogens is 2. The molecule has 1 saturated carbocycles. The number of nitrogens with zero attached hydrogens (tertiary/aromatic N) is 3. The van der Waals surface area contributed by atoms with Crippen LogP contribution in [0.15, 0.2) is 18.5 Å². The SMILES string of the molecule is NCc1cn2ncc(CNC(=O)CC3CC3(F)F)cc2n1. The second kappa shape index (κ2) is 5.03. The van der Waals surface area contributed by atoms with Gasteiger partial charge in [-0.15, -0.1) is 0 Å². The van der Waals surface area contributed by atoms with E-state index in [1.54, 1.807) is 23.0 Å². The van der Waals surface area contributed by atoms with E-state index in [9.17, 15) is 13.6 Å². The maximum Gasteiger partial charge on any atom is 0.252 e. The van der Waals surface area contributed by atoms with Crippen LogP contribution in [0.3, 0.4) is 0 Å². The van der Waals surface area contributed by atoms with Crippen LogP contribution in [-0.4, -0.2) is 26.4 Å². The first-order chi connectivity index (χ1) is 9.98. The van der Waals surface area contributed by atoms with Crippen LogP contribution < -0.4 is 11.1 Å². The fraction of sp³-hybridized carbons (Fsp3) is 0.462. The second-order valence-electron chi connectivity index (χ2n) is 5.25. The van der Waals surface area contributed by atoms with Crippen molar-refractivity contribution in [2.75, 3.05) is 0 Å². The summed E-state index contributed by atoms with van der Waals surface area (Å²) in [5.41, 5.74) is 7.62. The Morgan fingerprint density at radius 3 is 3.00 bits per heavy atom. The number of hydrogen-bond acceptors (Lipinski definition) is 4. The summed E-state index contributed by atoms with van der Waals surface area (Å²) in [6.07, 6.45) is 3.00. The maximum atomic E-state index is 12.7. The van der Waals surface area contributed by atoms with Crippen molar-refractivity contribution < 1.29 is 13.6 Å². The van der Waals surface area contributed by atoms with Gasteiger partial charge in [0.25, 0.3) is 5.92 Å². The lowest BCUT2D eigenvalue weighted by Crippen LogP contribution is -2.23. The topological polar surface area (TPSA) is 85.3 Å². The summed E-state index contributed by atoms with van der Waals surface area (Å²) in [5, 5.41) is 6.77. The summed E-state index contributed by atoms with van der Waals surface area (Å²) in [4.78, 5) is 15.8. The number of amides is 1. The van der Waals surface area contributed by atoms with Crippen LogP contribution in [0.1, 0.15) is 24.1 Å².